The van der Waals surface area contributed by atoms with Crippen molar-refractivity contribution in [3.05, 3.63) is 0 Å². The van der Waals surface area contributed by atoms with E-state index in [0.717, 1.165) is 12.8 Å². The summed E-state index contributed by atoms with van der Waals surface area (Å²) in [6, 6.07) is -0.733. The van der Waals surface area contributed by atoms with Crippen molar-refractivity contribution in [2.75, 3.05) is 0 Å². The molecule has 2 N–H and O–H groups in total. The summed E-state index contributed by atoms with van der Waals surface area (Å²) in [7, 11) is 0. The van der Waals surface area contributed by atoms with Crippen molar-refractivity contribution in [1.29, 1.82) is 0 Å². The number of hydrogen-bond acceptors (Lipinski definition) is 2. The highest BCUT2D eigenvalue weighted by Gasteiger charge is 2.33. The lowest BCUT2D eigenvalue weighted by Gasteiger charge is -2.15. The molecule has 0 aliphatic heterocycles. The molecule has 1 fully saturated rings. The van der Waals surface area contributed by atoms with Gasteiger partial charge in [-0.2, -0.15) is 0 Å². The van der Waals surface area contributed by atoms with E-state index in [1.807, 2.05) is 6.92 Å². The number of rotatable bonds is 5. The fraction of sp³-hybridized carbons (Fsp3) is 0.800. The molecular formula is C10H17NO3. The van der Waals surface area contributed by atoms with Gasteiger partial charge in [0.25, 0.3) is 0 Å². The van der Waals surface area contributed by atoms with Crippen LogP contribution < -0.4 is 5.32 Å². The van der Waals surface area contributed by atoms with Gasteiger partial charge in [-0.05, 0) is 25.2 Å². The van der Waals surface area contributed by atoms with E-state index in [9.17, 15) is 9.59 Å². The minimum absolute atomic E-state index is 0.0385. The molecule has 0 aromatic carbocycles. The molecule has 1 aliphatic rings. The molecule has 2 unspecified atom stereocenters. The largest absolute Gasteiger partial charge is 0.480 e. The van der Waals surface area contributed by atoms with Crippen LogP contribution in [0, 0.1) is 11.8 Å². The lowest BCUT2D eigenvalue weighted by atomic mass is 10.0. The summed E-state index contributed by atoms with van der Waals surface area (Å²) in [5, 5.41) is 11.3. The Hall–Kier alpha value is -1.06. The molecule has 0 heterocycles. The van der Waals surface area contributed by atoms with Crippen LogP contribution in [0.3, 0.4) is 0 Å². The van der Waals surface area contributed by atoms with Gasteiger partial charge in [0.1, 0.15) is 6.04 Å². The summed E-state index contributed by atoms with van der Waals surface area (Å²) < 4.78 is 0. The summed E-state index contributed by atoms with van der Waals surface area (Å²) in [6.07, 6.45) is 2.62. The summed E-state index contributed by atoms with van der Waals surface area (Å²) >= 11 is 0. The van der Waals surface area contributed by atoms with Crippen LogP contribution >= 0.6 is 0 Å². The van der Waals surface area contributed by atoms with E-state index in [2.05, 4.69) is 5.32 Å². The van der Waals surface area contributed by atoms with Gasteiger partial charge in [0.2, 0.25) is 5.91 Å². The first-order valence-corrected chi connectivity index (χ1v) is 5.09. The van der Waals surface area contributed by atoms with E-state index in [0.29, 0.717) is 12.3 Å². The monoisotopic (exact) mass is 199 g/mol. The Morgan fingerprint density at radius 1 is 1.50 bits per heavy atom. The molecule has 1 saturated carbocycles. The van der Waals surface area contributed by atoms with Crippen molar-refractivity contribution in [2.45, 2.75) is 39.2 Å². The van der Waals surface area contributed by atoms with E-state index < -0.39 is 12.0 Å². The zero-order valence-corrected chi connectivity index (χ0v) is 8.62. The predicted octanol–water partition coefficient (Wildman–Crippen LogP) is 1.01. The van der Waals surface area contributed by atoms with Crippen molar-refractivity contribution in [3.8, 4) is 0 Å². The molecule has 0 radical (unpaired) electrons. The number of carboxylic acid groups (broad SMARTS) is 1. The van der Waals surface area contributed by atoms with Crippen molar-refractivity contribution in [2.24, 2.45) is 11.8 Å². The Kier molecular flexibility index (Phi) is 3.49. The average molecular weight is 199 g/mol. The van der Waals surface area contributed by atoms with E-state index >= 15 is 0 Å². The molecule has 0 aromatic heterocycles. The topological polar surface area (TPSA) is 66.4 Å². The standard InChI is InChI=1S/C10H17NO3/c1-3-8(10(13)14)11-9(12)6(2)7-4-5-7/h6-8H,3-5H2,1-2H3,(H,11,12)(H,13,14). The van der Waals surface area contributed by atoms with Crippen molar-refractivity contribution >= 4 is 11.9 Å². The molecule has 1 amide bonds. The number of nitrogens with one attached hydrogen (secondary N) is 1. The molecule has 0 saturated heterocycles. The Labute approximate surface area is 83.7 Å². The van der Waals surface area contributed by atoms with Crippen molar-refractivity contribution < 1.29 is 14.7 Å². The maximum absolute atomic E-state index is 11.5. The van der Waals surface area contributed by atoms with Gasteiger partial charge in [0.15, 0.2) is 0 Å². The molecule has 1 aliphatic carbocycles. The van der Waals surface area contributed by atoms with Gasteiger partial charge >= 0.3 is 5.97 Å². The maximum Gasteiger partial charge on any atom is 0.326 e. The number of carboxylic acids is 1. The van der Waals surface area contributed by atoms with Crippen LogP contribution in [0.15, 0.2) is 0 Å². The summed E-state index contributed by atoms with van der Waals surface area (Å²) in [4.78, 5) is 22.2. The summed E-state index contributed by atoms with van der Waals surface area (Å²) in [5.74, 6) is -0.643. The number of amides is 1. The molecule has 0 spiro atoms. The highest BCUT2D eigenvalue weighted by molar-refractivity contribution is 5.85. The molecule has 14 heavy (non-hydrogen) atoms. The Morgan fingerprint density at radius 2 is 2.07 bits per heavy atom. The van der Waals surface area contributed by atoms with Gasteiger partial charge in [-0.1, -0.05) is 13.8 Å². The van der Waals surface area contributed by atoms with Gasteiger partial charge in [0.05, 0.1) is 0 Å². The number of hydrogen-bond donors (Lipinski definition) is 2. The van der Waals surface area contributed by atoms with Crippen LogP contribution in [0.2, 0.25) is 0 Å². The minimum Gasteiger partial charge on any atom is -0.480 e. The van der Waals surface area contributed by atoms with E-state index in [1.54, 1.807) is 6.92 Å². The molecule has 0 bridgehead atoms. The molecular weight excluding hydrogens is 182 g/mol. The fourth-order valence-electron chi connectivity index (χ4n) is 1.45. The number of carbonyl (C=O) groups is 2. The van der Waals surface area contributed by atoms with Gasteiger partial charge in [-0.3, -0.25) is 4.79 Å². The Bertz CT molecular complexity index is 236. The normalized spacial score (nSPS) is 19.9. The Morgan fingerprint density at radius 3 is 2.43 bits per heavy atom. The summed E-state index contributed by atoms with van der Waals surface area (Å²) in [5.41, 5.74) is 0. The number of carbonyl (C=O) groups excluding carboxylic acids is 1. The second kappa shape index (κ2) is 4.44. The molecule has 80 valence electrons. The quantitative estimate of drug-likeness (QED) is 0.694. The third-order valence-electron chi connectivity index (χ3n) is 2.77. The van der Waals surface area contributed by atoms with Crippen LogP contribution in [-0.2, 0) is 9.59 Å². The Balaban J connectivity index is 2.40. The highest BCUT2D eigenvalue weighted by atomic mass is 16.4. The van der Waals surface area contributed by atoms with Gasteiger partial charge in [-0.15, -0.1) is 0 Å². The third-order valence-corrected chi connectivity index (χ3v) is 2.77. The van der Waals surface area contributed by atoms with Crippen LogP contribution in [0.25, 0.3) is 0 Å². The van der Waals surface area contributed by atoms with Gasteiger partial charge < -0.3 is 10.4 Å². The molecule has 2 atom stereocenters. The van der Waals surface area contributed by atoms with Crippen LogP contribution in [0.4, 0.5) is 0 Å². The van der Waals surface area contributed by atoms with E-state index in [4.69, 9.17) is 5.11 Å². The predicted molar refractivity (Wildman–Crippen MR) is 51.7 cm³/mol. The first-order chi connectivity index (χ1) is 6.56. The van der Waals surface area contributed by atoms with Gasteiger partial charge in [0, 0.05) is 5.92 Å². The third kappa shape index (κ3) is 2.72. The lowest BCUT2D eigenvalue weighted by Crippen LogP contribution is -2.43. The zero-order chi connectivity index (χ0) is 10.7. The van der Waals surface area contributed by atoms with Crippen LogP contribution in [-0.4, -0.2) is 23.0 Å². The zero-order valence-electron chi connectivity index (χ0n) is 8.62. The molecule has 4 nitrogen and oxygen atoms in total. The maximum atomic E-state index is 11.5. The van der Waals surface area contributed by atoms with Crippen molar-refractivity contribution in [1.82, 2.24) is 5.32 Å². The highest BCUT2D eigenvalue weighted by Crippen LogP contribution is 2.36. The average Bonchev–Trinajstić information content (AvgIpc) is 2.95. The summed E-state index contributed by atoms with van der Waals surface area (Å²) in [6.45, 7) is 3.61. The fourth-order valence-corrected chi connectivity index (χ4v) is 1.45. The van der Waals surface area contributed by atoms with Crippen molar-refractivity contribution in [3.63, 3.8) is 0 Å². The van der Waals surface area contributed by atoms with E-state index in [1.165, 1.54) is 0 Å². The smallest absolute Gasteiger partial charge is 0.326 e. The number of aliphatic carboxylic acids is 1. The molecule has 1 rings (SSSR count). The SMILES string of the molecule is CCC(NC(=O)C(C)C1CC1)C(=O)O. The second-order valence-electron chi connectivity index (χ2n) is 3.93. The molecule has 0 aromatic rings. The van der Waals surface area contributed by atoms with Crippen LogP contribution in [0.1, 0.15) is 33.1 Å². The van der Waals surface area contributed by atoms with Crippen LogP contribution in [0.5, 0.6) is 0 Å². The second-order valence-corrected chi connectivity index (χ2v) is 3.93. The minimum atomic E-state index is -0.955. The van der Waals surface area contributed by atoms with Gasteiger partial charge in [-0.25, -0.2) is 4.79 Å². The molecule has 4 heteroatoms. The lowest BCUT2D eigenvalue weighted by molar-refractivity contribution is -0.142. The first-order valence-electron chi connectivity index (χ1n) is 5.09. The van der Waals surface area contributed by atoms with E-state index in [-0.39, 0.29) is 11.8 Å². The first kappa shape index (κ1) is 11.0.